The Bertz CT molecular complexity index is 1540. The average molecular weight is 637 g/mol. The number of carbonyl (C=O) groups excluding carboxylic acids is 2. The van der Waals surface area contributed by atoms with Gasteiger partial charge in [-0.15, -0.1) is 0 Å². The van der Waals surface area contributed by atoms with E-state index in [9.17, 15) is 19.8 Å². The van der Waals surface area contributed by atoms with Crippen LogP contribution >= 0.6 is 0 Å². The highest BCUT2D eigenvalue weighted by molar-refractivity contribution is 5.89. The van der Waals surface area contributed by atoms with Crippen LogP contribution in [0.3, 0.4) is 0 Å². The van der Waals surface area contributed by atoms with Crippen LogP contribution in [0, 0.1) is 0 Å². The van der Waals surface area contributed by atoms with E-state index in [0.29, 0.717) is 43.2 Å². The molecule has 0 aliphatic heterocycles. The van der Waals surface area contributed by atoms with E-state index in [1.54, 1.807) is 24.3 Å². The van der Waals surface area contributed by atoms with Crippen LogP contribution in [0.25, 0.3) is 0 Å². The fraction of sp³-hybridized carbons (Fsp3) is 0.366. The van der Waals surface area contributed by atoms with Gasteiger partial charge >= 0.3 is 11.9 Å². The molecule has 248 valence electrons. The molecule has 4 aromatic carbocycles. The van der Waals surface area contributed by atoms with Gasteiger partial charge in [-0.05, 0) is 94.2 Å². The molecule has 4 rings (SSSR count). The predicted molar refractivity (Wildman–Crippen MR) is 187 cm³/mol. The highest BCUT2D eigenvalue weighted by atomic mass is 16.5. The molecule has 0 aliphatic carbocycles. The van der Waals surface area contributed by atoms with Crippen LogP contribution in [0.4, 0.5) is 0 Å². The molecule has 6 heteroatoms. The molecule has 0 saturated carbocycles. The van der Waals surface area contributed by atoms with E-state index in [1.807, 2.05) is 60.7 Å². The third-order valence-corrected chi connectivity index (χ3v) is 8.20. The third kappa shape index (κ3) is 9.71. The van der Waals surface area contributed by atoms with E-state index in [2.05, 4.69) is 41.5 Å². The monoisotopic (exact) mass is 636 g/mol. The summed E-state index contributed by atoms with van der Waals surface area (Å²) in [5, 5.41) is 23.0. The Morgan fingerprint density at radius 2 is 0.936 bits per heavy atom. The van der Waals surface area contributed by atoms with E-state index in [4.69, 9.17) is 9.47 Å². The molecule has 4 aromatic rings. The molecule has 0 atom stereocenters. The summed E-state index contributed by atoms with van der Waals surface area (Å²) in [5.41, 5.74) is 5.62. The standard InChI is InChI=1S/C41H48O6/c1-40(2,3)34-25-28(15-13-21-46-38(44)30-17-9-7-10-18-30)23-32(36(34)42)27-33-24-29(26-35(37(33)43)41(4,5)6)16-14-22-47-39(45)31-19-11-8-12-20-31/h7-12,17-20,23-26,42-43H,13-16,21-22,27H2,1-6H3. The van der Waals surface area contributed by atoms with Crippen LogP contribution in [0.5, 0.6) is 11.5 Å². The maximum atomic E-state index is 12.4. The average Bonchev–Trinajstić information content (AvgIpc) is 3.03. The molecule has 0 bridgehead atoms. The zero-order valence-electron chi connectivity index (χ0n) is 28.6. The topological polar surface area (TPSA) is 93.1 Å². The summed E-state index contributed by atoms with van der Waals surface area (Å²) < 4.78 is 11.0. The first-order chi connectivity index (χ1) is 22.2. The predicted octanol–water partition coefficient (Wildman–Crippen LogP) is 8.86. The van der Waals surface area contributed by atoms with Crippen molar-refractivity contribution in [2.75, 3.05) is 13.2 Å². The lowest BCUT2D eigenvalue weighted by Gasteiger charge is -2.25. The van der Waals surface area contributed by atoms with E-state index < -0.39 is 0 Å². The van der Waals surface area contributed by atoms with Gasteiger partial charge in [-0.25, -0.2) is 9.59 Å². The maximum Gasteiger partial charge on any atom is 0.338 e. The van der Waals surface area contributed by atoms with Gasteiger partial charge < -0.3 is 19.7 Å². The van der Waals surface area contributed by atoms with Crippen molar-refractivity contribution in [3.8, 4) is 11.5 Å². The minimum Gasteiger partial charge on any atom is -0.507 e. The number of carbonyl (C=O) groups is 2. The van der Waals surface area contributed by atoms with Crippen molar-refractivity contribution < 1.29 is 29.3 Å². The molecule has 0 amide bonds. The Morgan fingerprint density at radius 3 is 1.28 bits per heavy atom. The van der Waals surface area contributed by atoms with Gasteiger partial charge in [0.1, 0.15) is 11.5 Å². The summed E-state index contributed by atoms with van der Waals surface area (Å²) in [6.45, 7) is 13.0. The summed E-state index contributed by atoms with van der Waals surface area (Å²) >= 11 is 0. The van der Waals surface area contributed by atoms with E-state index in [0.717, 1.165) is 33.4 Å². The molecule has 0 radical (unpaired) electrons. The molecule has 0 aromatic heterocycles. The number of hydrogen-bond donors (Lipinski definition) is 2. The Hall–Kier alpha value is -4.58. The van der Waals surface area contributed by atoms with Gasteiger partial charge in [0.15, 0.2) is 0 Å². The Labute approximate surface area is 279 Å². The van der Waals surface area contributed by atoms with E-state index >= 15 is 0 Å². The molecule has 0 spiro atoms. The number of phenols is 2. The quantitative estimate of drug-likeness (QED) is 0.119. The second kappa shape index (κ2) is 15.3. The van der Waals surface area contributed by atoms with Crippen LogP contribution in [0.1, 0.15) is 108 Å². The van der Waals surface area contributed by atoms with Crippen LogP contribution in [0.2, 0.25) is 0 Å². The van der Waals surface area contributed by atoms with Gasteiger partial charge in [0.25, 0.3) is 0 Å². The van der Waals surface area contributed by atoms with Crippen molar-refractivity contribution in [3.63, 3.8) is 0 Å². The zero-order valence-corrected chi connectivity index (χ0v) is 28.6. The first kappa shape index (κ1) is 35.3. The van der Waals surface area contributed by atoms with Gasteiger partial charge in [-0.1, -0.05) is 102 Å². The summed E-state index contributed by atoms with van der Waals surface area (Å²) in [4.78, 5) is 24.7. The molecular weight excluding hydrogens is 588 g/mol. The number of esters is 2. The molecule has 0 heterocycles. The molecular formula is C41H48O6. The van der Waals surface area contributed by atoms with Crippen molar-refractivity contribution in [2.45, 2.75) is 84.5 Å². The summed E-state index contributed by atoms with van der Waals surface area (Å²) in [6.07, 6.45) is 2.95. The summed E-state index contributed by atoms with van der Waals surface area (Å²) in [5.74, 6) is -0.225. The second-order valence-electron chi connectivity index (χ2n) is 14.2. The van der Waals surface area contributed by atoms with Crippen molar-refractivity contribution >= 4 is 11.9 Å². The molecule has 0 unspecified atom stereocenters. The van der Waals surface area contributed by atoms with Crippen LogP contribution in [0.15, 0.2) is 84.9 Å². The number of rotatable bonds is 12. The van der Waals surface area contributed by atoms with Gasteiger partial charge in [0.2, 0.25) is 0 Å². The van der Waals surface area contributed by atoms with Crippen molar-refractivity contribution in [2.24, 2.45) is 0 Å². The van der Waals surface area contributed by atoms with Crippen molar-refractivity contribution in [1.82, 2.24) is 0 Å². The zero-order chi connectivity index (χ0) is 34.2. The number of hydrogen-bond acceptors (Lipinski definition) is 6. The Kier molecular flexibility index (Phi) is 11.5. The number of aromatic hydroxyl groups is 2. The Balaban J connectivity index is 1.52. The highest BCUT2D eigenvalue weighted by Gasteiger charge is 2.25. The number of phenolic OH excluding ortho intramolecular Hbond substituents is 2. The molecule has 0 aliphatic rings. The minimum absolute atomic E-state index is 0.228. The number of ether oxygens (including phenoxy) is 2. The van der Waals surface area contributed by atoms with Gasteiger partial charge in [-0.3, -0.25) is 0 Å². The fourth-order valence-corrected chi connectivity index (χ4v) is 5.63. The SMILES string of the molecule is CC(C)(C)c1cc(CCCOC(=O)c2ccccc2)cc(Cc2cc(CCCOC(=O)c3ccccc3)cc(C(C)(C)C)c2O)c1O. The Morgan fingerprint density at radius 1 is 0.574 bits per heavy atom. The lowest BCUT2D eigenvalue weighted by molar-refractivity contribution is 0.0491. The maximum absolute atomic E-state index is 12.4. The van der Waals surface area contributed by atoms with Gasteiger partial charge in [0, 0.05) is 6.42 Å². The lowest BCUT2D eigenvalue weighted by Crippen LogP contribution is -2.15. The van der Waals surface area contributed by atoms with Crippen LogP contribution in [-0.2, 0) is 39.6 Å². The van der Waals surface area contributed by atoms with E-state index in [1.165, 1.54) is 0 Å². The number of benzene rings is 4. The smallest absolute Gasteiger partial charge is 0.338 e. The number of aryl methyl sites for hydroxylation is 2. The van der Waals surface area contributed by atoms with Gasteiger partial charge in [-0.2, -0.15) is 0 Å². The lowest BCUT2D eigenvalue weighted by atomic mass is 9.81. The summed E-state index contributed by atoms with van der Waals surface area (Å²) in [7, 11) is 0. The van der Waals surface area contributed by atoms with E-state index in [-0.39, 0.29) is 47.5 Å². The van der Waals surface area contributed by atoms with Crippen molar-refractivity contribution in [1.29, 1.82) is 0 Å². The van der Waals surface area contributed by atoms with Crippen LogP contribution in [-0.4, -0.2) is 35.4 Å². The first-order valence-electron chi connectivity index (χ1n) is 16.4. The summed E-state index contributed by atoms with van der Waals surface area (Å²) in [6, 6.07) is 26.0. The largest absolute Gasteiger partial charge is 0.507 e. The molecule has 47 heavy (non-hydrogen) atoms. The fourth-order valence-electron chi connectivity index (χ4n) is 5.63. The normalized spacial score (nSPS) is 11.7. The highest BCUT2D eigenvalue weighted by Crippen LogP contribution is 2.40. The second-order valence-corrected chi connectivity index (χ2v) is 14.2. The van der Waals surface area contributed by atoms with Crippen molar-refractivity contribution in [3.05, 3.63) is 129 Å². The molecule has 0 saturated heterocycles. The first-order valence-corrected chi connectivity index (χ1v) is 16.4. The third-order valence-electron chi connectivity index (χ3n) is 8.20. The minimum atomic E-state index is -0.341. The molecule has 6 nitrogen and oxygen atoms in total. The molecule has 0 fully saturated rings. The van der Waals surface area contributed by atoms with Gasteiger partial charge in [0.05, 0.1) is 24.3 Å². The molecule has 2 N–H and O–H groups in total. The van der Waals surface area contributed by atoms with Crippen LogP contribution < -0.4 is 0 Å².